The number of halogens is 1. The summed E-state index contributed by atoms with van der Waals surface area (Å²) in [6.07, 6.45) is 3.77. The van der Waals surface area contributed by atoms with Gasteiger partial charge >= 0.3 is 0 Å². The fourth-order valence-electron chi connectivity index (χ4n) is 3.85. The van der Waals surface area contributed by atoms with Crippen molar-refractivity contribution in [3.05, 3.63) is 29.8 Å². The quantitative estimate of drug-likeness (QED) is 0.711. The number of hydrogen-bond donors (Lipinski definition) is 3. The summed E-state index contributed by atoms with van der Waals surface area (Å²) >= 11 is 0. The number of anilines is 1. The van der Waals surface area contributed by atoms with Crippen LogP contribution in [0.3, 0.4) is 0 Å². The molecule has 6 heteroatoms. The Bertz CT molecular complexity index is 642. The number of carbonyl (C=O) groups excluding carboxylic acids is 2. The Labute approximate surface area is 162 Å². The predicted molar refractivity (Wildman–Crippen MR) is 106 cm³/mol. The van der Waals surface area contributed by atoms with Crippen molar-refractivity contribution in [1.82, 2.24) is 10.6 Å². The van der Waals surface area contributed by atoms with Crippen molar-refractivity contribution in [1.29, 1.82) is 0 Å². The van der Waals surface area contributed by atoms with Crippen LogP contribution in [-0.4, -0.2) is 24.9 Å². The number of hydrogen-bond acceptors (Lipinski definition) is 3. The predicted octanol–water partition coefficient (Wildman–Crippen LogP) is 3.10. The summed E-state index contributed by atoms with van der Waals surface area (Å²) in [5, 5.41) is 9.36. The van der Waals surface area contributed by atoms with Crippen molar-refractivity contribution in [2.75, 3.05) is 18.4 Å². The molecule has 0 aromatic heterocycles. The van der Waals surface area contributed by atoms with Crippen LogP contribution in [0.25, 0.3) is 0 Å². The summed E-state index contributed by atoms with van der Waals surface area (Å²) in [4.78, 5) is 24.3. The highest BCUT2D eigenvalue weighted by Crippen LogP contribution is 2.58. The van der Waals surface area contributed by atoms with E-state index >= 15 is 0 Å². The fourth-order valence-corrected chi connectivity index (χ4v) is 3.85. The van der Waals surface area contributed by atoms with Crippen LogP contribution in [0.2, 0.25) is 0 Å². The van der Waals surface area contributed by atoms with Gasteiger partial charge in [-0.3, -0.25) is 9.59 Å². The molecule has 0 bridgehead atoms. The molecular formula is C20H30ClN3O2. The maximum absolute atomic E-state index is 12.4. The van der Waals surface area contributed by atoms with Crippen molar-refractivity contribution in [2.45, 2.75) is 46.1 Å². The molecule has 1 atom stereocenters. The van der Waals surface area contributed by atoms with Gasteiger partial charge in [-0.25, -0.2) is 0 Å². The van der Waals surface area contributed by atoms with E-state index in [9.17, 15) is 9.59 Å². The van der Waals surface area contributed by atoms with Gasteiger partial charge in [-0.1, -0.05) is 26.0 Å². The van der Waals surface area contributed by atoms with Crippen LogP contribution in [0.4, 0.5) is 5.69 Å². The van der Waals surface area contributed by atoms with Crippen LogP contribution in [0.5, 0.6) is 0 Å². The zero-order valence-electron chi connectivity index (χ0n) is 15.6. The van der Waals surface area contributed by atoms with E-state index in [1.54, 1.807) is 0 Å². The average molecular weight is 380 g/mol. The lowest BCUT2D eigenvalue weighted by Crippen LogP contribution is -2.33. The van der Waals surface area contributed by atoms with Crippen molar-refractivity contribution in [3.63, 3.8) is 0 Å². The van der Waals surface area contributed by atoms with Crippen LogP contribution in [0.15, 0.2) is 24.3 Å². The summed E-state index contributed by atoms with van der Waals surface area (Å²) < 4.78 is 0. The summed E-state index contributed by atoms with van der Waals surface area (Å²) in [6, 6.07) is 7.71. The van der Waals surface area contributed by atoms with E-state index in [1.807, 2.05) is 38.1 Å². The molecule has 2 fully saturated rings. The van der Waals surface area contributed by atoms with Crippen LogP contribution in [0, 0.1) is 17.3 Å². The molecule has 2 aliphatic rings. The number of carbonyl (C=O) groups is 2. The first kappa shape index (κ1) is 20.7. The zero-order chi connectivity index (χ0) is 17.9. The van der Waals surface area contributed by atoms with Gasteiger partial charge in [0.05, 0.1) is 0 Å². The number of benzene rings is 1. The number of nitrogens with one attached hydrogen (secondary N) is 3. The first-order valence-corrected chi connectivity index (χ1v) is 9.36. The molecule has 3 N–H and O–H groups in total. The third-order valence-electron chi connectivity index (χ3n) is 5.38. The van der Waals surface area contributed by atoms with E-state index in [0.29, 0.717) is 18.9 Å². The van der Waals surface area contributed by atoms with Crippen molar-refractivity contribution in [2.24, 2.45) is 17.3 Å². The van der Waals surface area contributed by atoms with E-state index in [0.717, 1.165) is 43.6 Å². The van der Waals surface area contributed by atoms with E-state index in [-0.39, 0.29) is 35.6 Å². The molecule has 2 amide bonds. The van der Waals surface area contributed by atoms with Gasteiger partial charge in [0.2, 0.25) is 11.8 Å². The summed E-state index contributed by atoms with van der Waals surface area (Å²) in [7, 11) is 0. The van der Waals surface area contributed by atoms with E-state index in [1.165, 1.54) is 0 Å². The molecule has 1 saturated heterocycles. The standard InChI is InChI=1S/C20H29N3O2.ClH/c1-14(2)10-18(24)23-16-5-3-4-15(11-16)13-22-19(25)17-12-20(17)6-8-21-9-7-20;/h3-5,11,14,17,21H,6-10,12-13H2,1-2H3,(H,22,25)(H,23,24);1H. The summed E-state index contributed by atoms with van der Waals surface area (Å²) in [5.41, 5.74) is 2.07. The fraction of sp³-hybridized carbons (Fsp3) is 0.600. The molecule has 0 radical (unpaired) electrons. The Hall–Kier alpha value is -1.59. The lowest BCUT2D eigenvalue weighted by atomic mass is 9.92. The highest BCUT2D eigenvalue weighted by Gasteiger charge is 2.57. The van der Waals surface area contributed by atoms with Crippen LogP contribution >= 0.6 is 12.4 Å². The second-order valence-corrected chi connectivity index (χ2v) is 7.93. The molecule has 1 unspecified atom stereocenters. The second kappa shape index (κ2) is 8.87. The van der Waals surface area contributed by atoms with Crippen molar-refractivity contribution in [3.8, 4) is 0 Å². The Morgan fingerprint density at radius 2 is 2.00 bits per heavy atom. The SMILES string of the molecule is CC(C)CC(=O)Nc1cccc(CNC(=O)C2CC23CCNCC3)c1.Cl. The molecule has 26 heavy (non-hydrogen) atoms. The molecule has 1 aliphatic heterocycles. The monoisotopic (exact) mass is 379 g/mol. The van der Waals surface area contributed by atoms with Gasteiger partial charge in [0.1, 0.15) is 0 Å². The molecule has 144 valence electrons. The van der Waals surface area contributed by atoms with Gasteiger partial charge in [-0.05, 0) is 61.4 Å². The molecule has 1 saturated carbocycles. The van der Waals surface area contributed by atoms with Gasteiger partial charge in [-0.15, -0.1) is 12.4 Å². The highest BCUT2D eigenvalue weighted by molar-refractivity contribution is 5.90. The van der Waals surface area contributed by atoms with Gasteiger partial charge in [0.15, 0.2) is 0 Å². The van der Waals surface area contributed by atoms with E-state index in [4.69, 9.17) is 0 Å². The minimum atomic E-state index is 0. The Morgan fingerprint density at radius 3 is 2.69 bits per heavy atom. The smallest absolute Gasteiger partial charge is 0.224 e. The van der Waals surface area contributed by atoms with Gasteiger partial charge in [0.25, 0.3) is 0 Å². The maximum atomic E-state index is 12.4. The van der Waals surface area contributed by atoms with Crippen LogP contribution in [0.1, 0.15) is 45.1 Å². The lowest BCUT2D eigenvalue weighted by Gasteiger charge is -2.23. The average Bonchev–Trinajstić information content (AvgIpc) is 3.26. The first-order chi connectivity index (χ1) is 12.0. The van der Waals surface area contributed by atoms with Gasteiger partial charge in [-0.2, -0.15) is 0 Å². The first-order valence-electron chi connectivity index (χ1n) is 9.36. The van der Waals surface area contributed by atoms with Crippen molar-refractivity contribution >= 4 is 29.9 Å². The Kier molecular flexibility index (Phi) is 7.07. The molecule has 3 rings (SSSR count). The van der Waals surface area contributed by atoms with E-state index in [2.05, 4.69) is 16.0 Å². The zero-order valence-corrected chi connectivity index (χ0v) is 16.5. The third-order valence-corrected chi connectivity index (χ3v) is 5.38. The molecule has 1 aromatic carbocycles. The molecule has 1 aromatic rings. The maximum Gasteiger partial charge on any atom is 0.224 e. The summed E-state index contributed by atoms with van der Waals surface area (Å²) in [6.45, 7) is 6.62. The largest absolute Gasteiger partial charge is 0.352 e. The second-order valence-electron chi connectivity index (χ2n) is 7.93. The number of amides is 2. The summed E-state index contributed by atoms with van der Waals surface area (Å²) in [5.74, 6) is 0.727. The Balaban J connectivity index is 0.00000243. The number of rotatable bonds is 6. The van der Waals surface area contributed by atoms with E-state index < -0.39 is 0 Å². The topological polar surface area (TPSA) is 70.2 Å². The van der Waals surface area contributed by atoms with Gasteiger partial charge in [0, 0.05) is 24.6 Å². The molecule has 1 spiro atoms. The van der Waals surface area contributed by atoms with Crippen LogP contribution < -0.4 is 16.0 Å². The molecular weight excluding hydrogens is 350 g/mol. The van der Waals surface area contributed by atoms with Crippen LogP contribution in [-0.2, 0) is 16.1 Å². The minimum absolute atomic E-state index is 0. The molecule has 5 nitrogen and oxygen atoms in total. The number of piperidine rings is 1. The molecule has 1 aliphatic carbocycles. The van der Waals surface area contributed by atoms with Gasteiger partial charge < -0.3 is 16.0 Å². The third kappa shape index (κ3) is 5.21. The van der Waals surface area contributed by atoms with Crippen molar-refractivity contribution < 1.29 is 9.59 Å². The minimum Gasteiger partial charge on any atom is -0.352 e. The normalized spacial score (nSPS) is 20.3. The molecule has 1 heterocycles. The lowest BCUT2D eigenvalue weighted by molar-refractivity contribution is -0.123. The Morgan fingerprint density at radius 1 is 1.27 bits per heavy atom. The highest BCUT2D eigenvalue weighted by atomic mass is 35.5.